The minimum absolute atomic E-state index is 0.0351. The van der Waals surface area contributed by atoms with Gasteiger partial charge in [0, 0.05) is 0 Å². The molecule has 0 aromatic carbocycles. The third-order valence-electron chi connectivity index (χ3n) is 4.79. The topological polar surface area (TPSA) is 55.6 Å². The Morgan fingerprint density at radius 3 is 1.80 bits per heavy atom. The number of unbranched alkanes of at least 4 members (excludes halogenated alkanes) is 9. The summed E-state index contributed by atoms with van der Waals surface area (Å²) in [5.74, 6) is -0.298. The Labute approximate surface area is 153 Å². The van der Waals surface area contributed by atoms with Gasteiger partial charge in [-0.15, -0.1) is 0 Å². The predicted molar refractivity (Wildman–Crippen MR) is 99.5 cm³/mol. The first-order chi connectivity index (χ1) is 12.2. The van der Waals surface area contributed by atoms with Crippen LogP contribution in [-0.4, -0.2) is 42.3 Å². The molecule has 25 heavy (non-hydrogen) atoms. The van der Waals surface area contributed by atoms with E-state index in [0.717, 1.165) is 19.3 Å². The lowest BCUT2D eigenvalue weighted by atomic mass is 10.0. The fourth-order valence-electron chi connectivity index (χ4n) is 3.36. The second-order valence-corrected chi connectivity index (χ2v) is 6.84. The molecule has 1 saturated heterocycles. The maximum atomic E-state index is 11.9. The van der Waals surface area contributed by atoms with Gasteiger partial charge in [-0.2, -0.15) is 0 Å². The predicted octanol–water partition coefficient (Wildman–Crippen LogP) is 5.07. The fourth-order valence-corrected chi connectivity index (χ4v) is 3.36. The number of nitrogens with zero attached hydrogens (tertiary/aromatic N) is 1. The van der Waals surface area contributed by atoms with Crippen molar-refractivity contribution in [3.8, 4) is 0 Å². The molecule has 0 spiro atoms. The van der Waals surface area contributed by atoms with Crippen LogP contribution in [0.25, 0.3) is 0 Å². The minimum atomic E-state index is -0.433. The van der Waals surface area contributed by atoms with Gasteiger partial charge in [-0.25, -0.2) is 9.59 Å². The molecule has 0 aliphatic carbocycles. The number of carbonyl (C=O) groups is 2. The Bertz CT molecular complexity index is 362. The van der Waals surface area contributed by atoms with Gasteiger partial charge in [0.1, 0.15) is 0 Å². The van der Waals surface area contributed by atoms with Crippen LogP contribution in [0.15, 0.2) is 0 Å². The number of esters is 1. The molecule has 1 heterocycles. The van der Waals surface area contributed by atoms with Gasteiger partial charge in [0.2, 0.25) is 0 Å². The maximum absolute atomic E-state index is 11.9. The molecule has 1 amide bonds. The van der Waals surface area contributed by atoms with Crippen molar-refractivity contribution in [3.63, 3.8) is 0 Å². The lowest BCUT2D eigenvalue weighted by Crippen LogP contribution is -2.21. The monoisotopic (exact) mass is 355 g/mol. The molecular formula is C20H37NO4. The van der Waals surface area contributed by atoms with Gasteiger partial charge >= 0.3 is 12.1 Å². The van der Waals surface area contributed by atoms with Crippen LogP contribution < -0.4 is 0 Å². The number of carbonyl (C=O) groups excluding carboxylic acids is 2. The summed E-state index contributed by atoms with van der Waals surface area (Å²) in [4.78, 5) is 25.4. The number of hydrogen-bond acceptors (Lipinski definition) is 4. The van der Waals surface area contributed by atoms with E-state index in [-0.39, 0.29) is 12.0 Å². The van der Waals surface area contributed by atoms with Crippen LogP contribution in [-0.2, 0) is 14.3 Å². The zero-order valence-electron chi connectivity index (χ0n) is 16.4. The summed E-state index contributed by atoms with van der Waals surface area (Å²) >= 11 is 0. The molecule has 1 aliphatic rings. The van der Waals surface area contributed by atoms with Gasteiger partial charge in [-0.3, -0.25) is 4.90 Å². The van der Waals surface area contributed by atoms with Crippen LogP contribution >= 0.6 is 0 Å². The largest absolute Gasteiger partial charge is 0.464 e. The quantitative estimate of drug-likeness (QED) is 0.248. The molecule has 2 unspecified atom stereocenters. The zero-order valence-corrected chi connectivity index (χ0v) is 16.4. The Morgan fingerprint density at radius 2 is 1.28 bits per heavy atom. The summed E-state index contributed by atoms with van der Waals surface area (Å²) < 4.78 is 10.1. The molecule has 0 bridgehead atoms. The van der Waals surface area contributed by atoms with E-state index in [4.69, 9.17) is 9.47 Å². The zero-order chi connectivity index (χ0) is 18.5. The van der Waals surface area contributed by atoms with Gasteiger partial charge in [-0.05, 0) is 20.3 Å². The molecule has 2 atom stereocenters. The first-order valence-corrected chi connectivity index (χ1v) is 10.3. The summed E-state index contributed by atoms with van der Waals surface area (Å²) in [6.07, 6.45) is 13.3. The highest BCUT2D eigenvalue weighted by Gasteiger charge is 2.56. The van der Waals surface area contributed by atoms with Crippen molar-refractivity contribution in [2.45, 2.75) is 103 Å². The van der Waals surface area contributed by atoms with Gasteiger partial charge in [0.05, 0.1) is 19.3 Å². The first-order valence-electron chi connectivity index (χ1n) is 10.3. The van der Waals surface area contributed by atoms with Crippen molar-refractivity contribution in [2.75, 3.05) is 13.2 Å². The van der Waals surface area contributed by atoms with E-state index in [1.807, 2.05) is 0 Å². The third-order valence-corrected chi connectivity index (χ3v) is 4.79. The van der Waals surface area contributed by atoms with Crippen molar-refractivity contribution >= 4 is 12.1 Å². The van der Waals surface area contributed by atoms with Gasteiger partial charge in [0.25, 0.3) is 0 Å². The number of hydrogen-bond donors (Lipinski definition) is 0. The number of ether oxygens (including phenoxy) is 2. The van der Waals surface area contributed by atoms with E-state index in [1.165, 1.54) is 56.3 Å². The summed E-state index contributed by atoms with van der Waals surface area (Å²) in [5, 5.41) is 0. The summed E-state index contributed by atoms with van der Waals surface area (Å²) in [6.45, 7) is 6.48. The van der Waals surface area contributed by atoms with Crippen molar-refractivity contribution < 1.29 is 19.1 Å². The molecule has 0 N–H and O–H groups in total. The van der Waals surface area contributed by atoms with Crippen molar-refractivity contribution in [2.24, 2.45) is 0 Å². The normalized spacial score (nSPS) is 18.9. The standard InChI is InChI=1S/C20H37NO4/c1-4-7-8-9-10-11-12-13-14-15-16-17-18(19(22)24-5-2)21(17)20(23)25-6-3/h17-18H,4-16H2,1-3H3. The second kappa shape index (κ2) is 13.0. The minimum Gasteiger partial charge on any atom is -0.464 e. The van der Waals surface area contributed by atoms with Gasteiger partial charge in [0.15, 0.2) is 6.04 Å². The highest BCUT2D eigenvalue weighted by atomic mass is 16.6. The van der Waals surface area contributed by atoms with Crippen LogP contribution in [0.1, 0.15) is 91.4 Å². The molecule has 1 rings (SSSR count). The molecule has 5 nitrogen and oxygen atoms in total. The average molecular weight is 356 g/mol. The summed E-state index contributed by atoms with van der Waals surface area (Å²) in [7, 11) is 0. The Kier molecular flexibility index (Phi) is 11.3. The molecule has 5 heteroatoms. The van der Waals surface area contributed by atoms with E-state index in [1.54, 1.807) is 13.8 Å². The molecule has 0 saturated carbocycles. The van der Waals surface area contributed by atoms with E-state index < -0.39 is 12.1 Å². The van der Waals surface area contributed by atoms with Crippen LogP contribution in [0.5, 0.6) is 0 Å². The molecular weight excluding hydrogens is 318 g/mol. The first kappa shape index (κ1) is 21.8. The Balaban J connectivity index is 2.15. The van der Waals surface area contributed by atoms with E-state index in [2.05, 4.69) is 6.92 Å². The lowest BCUT2D eigenvalue weighted by molar-refractivity contribution is -0.143. The summed E-state index contributed by atoms with van der Waals surface area (Å²) in [5.41, 5.74) is 0. The Hall–Kier alpha value is -1.26. The molecule has 0 radical (unpaired) electrons. The van der Waals surface area contributed by atoms with E-state index in [9.17, 15) is 9.59 Å². The number of amides is 1. The summed E-state index contributed by atoms with van der Waals surface area (Å²) in [6, 6.07) is -0.468. The Morgan fingerprint density at radius 1 is 0.760 bits per heavy atom. The van der Waals surface area contributed by atoms with Crippen LogP contribution in [0.3, 0.4) is 0 Å². The molecule has 0 aromatic rings. The van der Waals surface area contributed by atoms with Crippen molar-refractivity contribution in [1.82, 2.24) is 4.90 Å². The molecule has 1 fully saturated rings. The van der Waals surface area contributed by atoms with Crippen LogP contribution in [0, 0.1) is 0 Å². The number of rotatable bonds is 14. The average Bonchev–Trinajstić information content (AvgIpc) is 3.31. The van der Waals surface area contributed by atoms with Crippen molar-refractivity contribution in [3.05, 3.63) is 0 Å². The highest BCUT2D eigenvalue weighted by molar-refractivity contribution is 5.88. The molecule has 0 aromatic heterocycles. The highest BCUT2D eigenvalue weighted by Crippen LogP contribution is 2.34. The lowest BCUT2D eigenvalue weighted by Gasteiger charge is -2.04. The van der Waals surface area contributed by atoms with Crippen LogP contribution in [0.4, 0.5) is 4.79 Å². The smallest absolute Gasteiger partial charge is 0.410 e. The molecule has 146 valence electrons. The maximum Gasteiger partial charge on any atom is 0.410 e. The van der Waals surface area contributed by atoms with E-state index >= 15 is 0 Å². The van der Waals surface area contributed by atoms with Gasteiger partial charge in [-0.1, -0.05) is 71.1 Å². The van der Waals surface area contributed by atoms with E-state index in [0.29, 0.717) is 13.2 Å². The fraction of sp³-hybridized carbons (Fsp3) is 0.900. The second-order valence-electron chi connectivity index (χ2n) is 6.84. The third kappa shape index (κ3) is 8.10. The van der Waals surface area contributed by atoms with Crippen molar-refractivity contribution in [1.29, 1.82) is 0 Å². The molecule has 1 aliphatic heterocycles. The SMILES string of the molecule is CCCCCCCCCCCCC1C(C(=O)OCC)N1C(=O)OCC. The van der Waals surface area contributed by atoms with Gasteiger partial charge < -0.3 is 9.47 Å². The van der Waals surface area contributed by atoms with Crippen LogP contribution in [0.2, 0.25) is 0 Å².